The van der Waals surface area contributed by atoms with Crippen LogP contribution in [0.4, 0.5) is 0 Å². The molecule has 0 saturated heterocycles. The molecule has 1 aromatic rings. The molecule has 1 aromatic carbocycles. The number of hydrogen-bond acceptors (Lipinski definition) is 2. The van der Waals surface area contributed by atoms with Gasteiger partial charge in [-0.2, -0.15) is 0 Å². The first-order valence-corrected chi connectivity index (χ1v) is 6.30. The van der Waals surface area contributed by atoms with Crippen LogP contribution in [0.2, 0.25) is 0 Å². The van der Waals surface area contributed by atoms with Crippen LogP contribution < -0.4 is 11.1 Å². The third kappa shape index (κ3) is 5.89. The second-order valence-corrected chi connectivity index (χ2v) is 4.38. The maximum absolute atomic E-state index is 5.45. The molecule has 0 amide bonds. The minimum atomic E-state index is 0.595. The lowest BCUT2D eigenvalue weighted by molar-refractivity contribution is 0.501. The van der Waals surface area contributed by atoms with Crippen molar-refractivity contribution in [2.45, 2.75) is 38.6 Å². The molecule has 0 aliphatic heterocycles. The number of nitrogens with one attached hydrogen (secondary N) is 1. The molecule has 1 atom stereocenters. The first-order chi connectivity index (χ1) is 7.83. The van der Waals surface area contributed by atoms with Gasteiger partial charge in [0.2, 0.25) is 0 Å². The molecule has 0 aliphatic rings. The molecule has 0 saturated carbocycles. The standard InChI is InChI=1S/C14H24N2/c1-13(16-12-6-5-11-15)9-10-14-7-3-2-4-8-14/h2-4,7-8,13,16H,5-6,9-12,15H2,1H3. The topological polar surface area (TPSA) is 38.0 Å². The lowest BCUT2D eigenvalue weighted by Gasteiger charge is -2.13. The number of unbranched alkanes of at least 4 members (excludes halogenated alkanes) is 1. The van der Waals surface area contributed by atoms with Gasteiger partial charge < -0.3 is 11.1 Å². The van der Waals surface area contributed by atoms with E-state index >= 15 is 0 Å². The molecule has 2 heteroatoms. The number of hydrogen-bond donors (Lipinski definition) is 2. The van der Waals surface area contributed by atoms with Crippen LogP contribution in [0.3, 0.4) is 0 Å². The van der Waals surface area contributed by atoms with E-state index in [1.165, 1.54) is 18.4 Å². The molecular formula is C14H24N2. The molecule has 0 bridgehead atoms. The summed E-state index contributed by atoms with van der Waals surface area (Å²) in [7, 11) is 0. The van der Waals surface area contributed by atoms with Crippen molar-refractivity contribution < 1.29 is 0 Å². The van der Waals surface area contributed by atoms with Gasteiger partial charge in [0.1, 0.15) is 0 Å². The maximum atomic E-state index is 5.45. The van der Waals surface area contributed by atoms with E-state index in [-0.39, 0.29) is 0 Å². The summed E-state index contributed by atoms with van der Waals surface area (Å²) in [5.41, 5.74) is 6.88. The fourth-order valence-electron chi connectivity index (χ4n) is 1.75. The van der Waals surface area contributed by atoms with Gasteiger partial charge in [-0.25, -0.2) is 0 Å². The molecule has 0 radical (unpaired) electrons. The maximum Gasteiger partial charge on any atom is 0.00418 e. The number of aryl methyl sites for hydroxylation is 1. The summed E-state index contributed by atoms with van der Waals surface area (Å²) in [6.45, 7) is 4.15. The smallest absolute Gasteiger partial charge is 0.00418 e. The van der Waals surface area contributed by atoms with Crippen LogP contribution in [0, 0.1) is 0 Å². The van der Waals surface area contributed by atoms with Gasteiger partial charge in [0.25, 0.3) is 0 Å². The monoisotopic (exact) mass is 220 g/mol. The Morgan fingerprint density at radius 3 is 2.62 bits per heavy atom. The predicted molar refractivity (Wildman–Crippen MR) is 70.5 cm³/mol. The second kappa shape index (κ2) is 8.31. The highest BCUT2D eigenvalue weighted by Gasteiger charge is 2.00. The third-order valence-corrected chi connectivity index (χ3v) is 2.83. The molecule has 16 heavy (non-hydrogen) atoms. The van der Waals surface area contributed by atoms with Gasteiger partial charge in [-0.15, -0.1) is 0 Å². The Labute approximate surface area is 99.2 Å². The average Bonchev–Trinajstić information content (AvgIpc) is 2.33. The van der Waals surface area contributed by atoms with Gasteiger partial charge in [-0.3, -0.25) is 0 Å². The number of rotatable bonds is 8. The lowest BCUT2D eigenvalue weighted by Crippen LogP contribution is -2.27. The van der Waals surface area contributed by atoms with Gasteiger partial charge in [0.05, 0.1) is 0 Å². The normalized spacial score (nSPS) is 12.6. The van der Waals surface area contributed by atoms with Crippen LogP contribution in [0.1, 0.15) is 31.7 Å². The summed E-state index contributed by atoms with van der Waals surface area (Å²) in [5, 5.41) is 3.53. The van der Waals surface area contributed by atoms with Gasteiger partial charge in [-0.1, -0.05) is 30.3 Å². The minimum Gasteiger partial charge on any atom is -0.330 e. The lowest BCUT2D eigenvalue weighted by atomic mass is 10.1. The van der Waals surface area contributed by atoms with Crippen molar-refractivity contribution in [1.29, 1.82) is 0 Å². The molecule has 3 N–H and O–H groups in total. The van der Waals surface area contributed by atoms with E-state index in [0.29, 0.717) is 6.04 Å². The van der Waals surface area contributed by atoms with E-state index in [4.69, 9.17) is 5.73 Å². The highest BCUT2D eigenvalue weighted by atomic mass is 14.9. The Morgan fingerprint density at radius 1 is 1.19 bits per heavy atom. The van der Waals surface area contributed by atoms with Gasteiger partial charge in [-0.05, 0) is 51.3 Å². The van der Waals surface area contributed by atoms with Crippen LogP contribution in [0.5, 0.6) is 0 Å². The molecule has 1 unspecified atom stereocenters. The zero-order chi connectivity index (χ0) is 11.6. The van der Waals surface area contributed by atoms with E-state index in [1.54, 1.807) is 0 Å². The quantitative estimate of drug-likeness (QED) is 0.660. The molecule has 2 nitrogen and oxygen atoms in total. The fourth-order valence-corrected chi connectivity index (χ4v) is 1.75. The van der Waals surface area contributed by atoms with Crippen LogP contribution in [-0.4, -0.2) is 19.1 Å². The Bertz CT molecular complexity index is 259. The molecule has 0 heterocycles. The van der Waals surface area contributed by atoms with E-state index in [1.807, 2.05) is 0 Å². The van der Waals surface area contributed by atoms with Crippen LogP contribution >= 0.6 is 0 Å². The third-order valence-electron chi connectivity index (χ3n) is 2.83. The number of benzene rings is 1. The molecule has 0 spiro atoms. The molecule has 0 aromatic heterocycles. The Morgan fingerprint density at radius 2 is 1.94 bits per heavy atom. The van der Waals surface area contributed by atoms with Gasteiger partial charge in [0, 0.05) is 6.04 Å². The first-order valence-electron chi connectivity index (χ1n) is 6.30. The second-order valence-electron chi connectivity index (χ2n) is 4.38. The highest BCUT2D eigenvalue weighted by molar-refractivity contribution is 5.14. The van der Waals surface area contributed by atoms with Crippen LogP contribution in [0.15, 0.2) is 30.3 Å². The zero-order valence-electron chi connectivity index (χ0n) is 10.3. The van der Waals surface area contributed by atoms with Crippen molar-refractivity contribution in [3.05, 3.63) is 35.9 Å². The van der Waals surface area contributed by atoms with Gasteiger partial charge in [0.15, 0.2) is 0 Å². The van der Waals surface area contributed by atoms with Crippen molar-refractivity contribution in [2.24, 2.45) is 5.73 Å². The van der Waals surface area contributed by atoms with E-state index < -0.39 is 0 Å². The van der Waals surface area contributed by atoms with Crippen LogP contribution in [0.25, 0.3) is 0 Å². The predicted octanol–water partition coefficient (Wildman–Crippen LogP) is 2.34. The highest BCUT2D eigenvalue weighted by Crippen LogP contribution is 2.04. The molecule has 0 aliphatic carbocycles. The van der Waals surface area contributed by atoms with Crippen molar-refractivity contribution >= 4 is 0 Å². The summed E-state index contributed by atoms with van der Waals surface area (Å²) in [6, 6.07) is 11.3. The van der Waals surface area contributed by atoms with E-state index in [2.05, 4.69) is 42.6 Å². The summed E-state index contributed by atoms with van der Waals surface area (Å²) >= 11 is 0. The largest absolute Gasteiger partial charge is 0.330 e. The first kappa shape index (κ1) is 13.2. The molecule has 1 rings (SSSR count). The van der Waals surface area contributed by atoms with E-state index in [9.17, 15) is 0 Å². The summed E-state index contributed by atoms with van der Waals surface area (Å²) in [5.74, 6) is 0. The molecule has 0 fully saturated rings. The Hall–Kier alpha value is -0.860. The van der Waals surface area contributed by atoms with Crippen LogP contribution in [-0.2, 0) is 6.42 Å². The van der Waals surface area contributed by atoms with Crippen molar-refractivity contribution in [3.63, 3.8) is 0 Å². The Kier molecular flexibility index (Phi) is 6.86. The van der Waals surface area contributed by atoms with E-state index in [0.717, 1.165) is 25.9 Å². The van der Waals surface area contributed by atoms with Crippen molar-refractivity contribution in [1.82, 2.24) is 5.32 Å². The van der Waals surface area contributed by atoms with Crippen molar-refractivity contribution in [3.8, 4) is 0 Å². The average molecular weight is 220 g/mol. The fraction of sp³-hybridized carbons (Fsp3) is 0.571. The Balaban J connectivity index is 2.08. The summed E-state index contributed by atoms with van der Waals surface area (Å²) in [6.07, 6.45) is 4.67. The van der Waals surface area contributed by atoms with Crippen molar-refractivity contribution in [2.75, 3.05) is 13.1 Å². The molecule has 90 valence electrons. The zero-order valence-corrected chi connectivity index (χ0v) is 10.3. The van der Waals surface area contributed by atoms with Gasteiger partial charge >= 0.3 is 0 Å². The SMILES string of the molecule is CC(CCc1ccccc1)NCCCCN. The minimum absolute atomic E-state index is 0.595. The molecular weight excluding hydrogens is 196 g/mol. The number of nitrogens with two attached hydrogens (primary N) is 1. The summed E-state index contributed by atoms with van der Waals surface area (Å²) < 4.78 is 0. The summed E-state index contributed by atoms with van der Waals surface area (Å²) in [4.78, 5) is 0.